The lowest BCUT2D eigenvalue weighted by atomic mass is 9.89. The number of furan rings is 1. The molecule has 0 N–H and O–H groups in total. The summed E-state index contributed by atoms with van der Waals surface area (Å²) < 4.78 is 5.50. The maximum absolute atomic E-state index is 12.1. The monoisotopic (exact) mass is 304 g/mol. The van der Waals surface area contributed by atoms with E-state index in [4.69, 9.17) is 39.2 Å². The molecule has 0 saturated heterocycles. The van der Waals surface area contributed by atoms with E-state index in [0.717, 1.165) is 0 Å². The summed E-state index contributed by atoms with van der Waals surface area (Å²) >= 11 is 18.0. The molecule has 0 aliphatic carbocycles. The van der Waals surface area contributed by atoms with Crippen LogP contribution in [-0.4, -0.2) is 5.78 Å². The van der Waals surface area contributed by atoms with Crippen LogP contribution in [0.2, 0.25) is 15.1 Å². The fourth-order valence-electron chi connectivity index (χ4n) is 1.58. The summed E-state index contributed by atoms with van der Waals surface area (Å²) in [5, 5.41) is 1.58. The van der Waals surface area contributed by atoms with E-state index >= 15 is 0 Å². The van der Waals surface area contributed by atoms with Crippen LogP contribution >= 0.6 is 34.8 Å². The number of carbonyl (C=O) groups is 1. The van der Waals surface area contributed by atoms with E-state index in [1.807, 2.05) is 20.8 Å². The number of hydrogen-bond acceptors (Lipinski definition) is 2. The number of ketones is 1. The predicted molar refractivity (Wildman–Crippen MR) is 75.0 cm³/mol. The zero-order valence-electron chi connectivity index (χ0n) is 10.1. The van der Waals surface area contributed by atoms with E-state index in [9.17, 15) is 4.79 Å². The van der Waals surface area contributed by atoms with Crippen molar-refractivity contribution in [1.82, 2.24) is 0 Å². The molecule has 0 fully saturated rings. The van der Waals surface area contributed by atoms with Crippen molar-refractivity contribution in [2.24, 2.45) is 5.41 Å². The minimum absolute atomic E-state index is 0.109. The molecule has 5 heteroatoms. The molecule has 0 atom stereocenters. The lowest BCUT2D eigenvalue weighted by Gasteiger charge is -2.13. The third kappa shape index (κ3) is 2.25. The van der Waals surface area contributed by atoms with Gasteiger partial charge in [0.15, 0.2) is 11.3 Å². The lowest BCUT2D eigenvalue weighted by Crippen LogP contribution is -2.19. The highest BCUT2D eigenvalue weighted by Gasteiger charge is 2.27. The van der Waals surface area contributed by atoms with Crippen LogP contribution in [0, 0.1) is 5.41 Å². The molecule has 2 aromatic rings. The zero-order valence-corrected chi connectivity index (χ0v) is 12.4. The average Bonchev–Trinajstić information content (AvgIpc) is 2.69. The molecule has 0 amide bonds. The van der Waals surface area contributed by atoms with Crippen LogP contribution < -0.4 is 0 Å². The Balaban J connectivity index is 2.68. The topological polar surface area (TPSA) is 30.2 Å². The highest BCUT2D eigenvalue weighted by molar-refractivity contribution is 6.47. The molecule has 0 bridgehead atoms. The molecule has 0 aliphatic rings. The van der Waals surface area contributed by atoms with Crippen molar-refractivity contribution in [2.75, 3.05) is 0 Å². The van der Waals surface area contributed by atoms with Gasteiger partial charge < -0.3 is 4.42 Å². The summed E-state index contributed by atoms with van der Waals surface area (Å²) in [5.74, 6) is 0.130. The van der Waals surface area contributed by atoms with Crippen LogP contribution in [0.1, 0.15) is 31.3 Å². The summed E-state index contributed by atoms with van der Waals surface area (Å²) in [5.41, 5.74) is -0.143. The highest BCUT2D eigenvalue weighted by Crippen LogP contribution is 2.38. The maximum Gasteiger partial charge on any atom is 0.203 e. The number of halogens is 3. The molecule has 1 aromatic carbocycles. The van der Waals surface area contributed by atoms with E-state index < -0.39 is 5.41 Å². The SMILES string of the molecule is CC(C)(C)C(=O)c1cc2c(Cl)c(Cl)cc(Cl)c2o1. The number of Topliss-reactive ketones (excluding diaryl/α,β-unsaturated/α-hetero) is 1. The number of benzene rings is 1. The Bertz CT molecular complexity index is 636. The van der Waals surface area contributed by atoms with Gasteiger partial charge in [-0.15, -0.1) is 0 Å². The van der Waals surface area contributed by atoms with Gasteiger partial charge in [0.05, 0.1) is 15.1 Å². The van der Waals surface area contributed by atoms with Crippen LogP contribution in [0.4, 0.5) is 0 Å². The van der Waals surface area contributed by atoms with Crippen molar-refractivity contribution in [3.8, 4) is 0 Å². The van der Waals surface area contributed by atoms with E-state index in [-0.39, 0.29) is 11.5 Å². The van der Waals surface area contributed by atoms with Crippen molar-refractivity contribution >= 4 is 51.6 Å². The Hall–Kier alpha value is -0.700. The molecule has 0 spiro atoms. The standard InChI is InChI=1S/C13H11Cl3O2/c1-13(2,3)12(17)9-4-6-10(16)7(14)5-8(15)11(6)18-9/h4-5H,1-3H3. The molecule has 0 saturated carbocycles. The Morgan fingerprint density at radius 1 is 1.11 bits per heavy atom. The summed E-state index contributed by atoms with van der Waals surface area (Å²) in [4.78, 5) is 12.1. The van der Waals surface area contributed by atoms with Crippen LogP contribution in [0.5, 0.6) is 0 Å². The van der Waals surface area contributed by atoms with Crippen molar-refractivity contribution in [1.29, 1.82) is 0 Å². The molecule has 1 heterocycles. The van der Waals surface area contributed by atoms with Crippen molar-refractivity contribution < 1.29 is 9.21 Å². The minimum Gasteiger partial charge on any atom is -0.451 e. The third-order valence-electron chi connectivity index (χ3n) is 2.55. The molecular formula is C13H11Cl3O2. The van der Waals surface area contributed by atoms with Gasteiger partial charge in [-0.05, 0) is 12.1 Å². The quantitative estimate of drug-likeness (QED) is 0.505. The highest BCUT2D eigenvalue weighted by atomic mass is 35.5. The molecule has 2 rings (SSSR count). The smallest absolute Gasteiger partial charge is 0.203 e. The van der Waals surface area contributed by atoms with Gasteiger partial charge >= 0.3 is 0 Å². The molecule has 0 radical (unpaired) electrons. The lowest BCUT2D eigenvalue weighted by molar-refractivity contribution is 0.0831. The second-order valence-electron chi connectivity index (χ2n) is 5.09. The summed E-state index contributed by atoms with van der Waals surface area (Å²) in [6.45, 7) is 5.45. The van der Waals surface area contributed by atoms with Gasteiger partial charge in [-0.25, -0.2) is 0 Å². The molecule has 0 aliphatic heterocycles. The second-order valence-corrected chi connectivity index (χ2v) is 6.28. The Morgan fingerprint density at radius 2 is 1.72 bits per heavy atom. The van der Waals surface area contributed by atoms with Crippen LogP contribution in [0.15, 0.2) is 16.5 Å². The molecular weight excluding hydrogens is 295 g/mol. The summed E-state index contributed by atoms with van der Waals surface area (Å²) in [6.07, 6.45) is 0. The molecule has 96 valence electrons. The van der Waals surface area contributed by atoms with Crippen molar-refractivity contribution in [3.05, 3.63) is 33.0 Å². The van der Waals surface area contributed by atoms with Crippen molar-refractivity contribution in [3.63, 3.8) is 0 Å². The summed E-state index contributed by atoms with van der Waals surface area (Å²) in [7, 11) is 0. The van der Waals surface area contributed by atoms with Crippen LogP contribution in [0.25, 0.3) is 11.0 Å². The van der Waals surface area contributed by atoms with Crippen LogP contribution in [0.3, 0.4) is 0 Å². The minimum atomic E-state index is -0.531. The predicted octanol–water partition coefficient (Wildman–Crippen LogP) is 5.62. The van der Waals surface area contributed by atoms with Gasteiger partial charge in [-0.3, -0.25) is 4.79 Å². The molecule has 2 nitrogen and oxygen atoms in total. The fraction of sp³-hybridized carbons (Fsp3) is 0.308. The van der Waals surface area contributed by atoms with Gasteiger partial charge in [-0.1, -0.05) is 55.6 Å². The van der Waals surface area contributed by atoms with E-state index in [0.29, 0.717) is 26.0 Å². The Kier molecular flexibility index (Phi) is 3.39. The van der Waals surface area contributed by atoms with Crippen molar-refractivity contribution in [2.45, 2.75) is 20.8 Å². The largest absolute Gasteiger partial charge is 0.451 e. The molecule has 1 aromatic heterocycles. The van der Waals surface area contributed by atoms with Gasteiger partial charge in [0, 0.05) is 10.8 Å². The van der Waals surface area contributed by atoms with Gasteiger partial charge in [0.25, 0.3) is 0 Å². The van der Waals surface area contributed by atoms with E-state index in [2.05, 4.69) is 0 Å². The maximum atomic E-state index is 12.1. The zero-order chi connectivity index (χ0) is 13.7. The molecule has 18 heavy (non-hydrogen) atoms. The first kappa shape index (κ1) is 13.7. The Labute approximate surface area is 120 Å². The first-order chi connectivity index (χ1) is 8.21. The van der Waals surface area contributed by atoms with Crippen LogP contribution in [-0.2, 0) is 0 Å². The first-order valence-electron chi connectivity index (χ1n) is 5.33. The first-order valence-corrected chi connectivity index (χ1v) is 6.47. The second kappa shape index (κ2) is 4.44. The number of rotatable bonds is 1. The van der Waals surface area contributed by atoms with E-state index in [1.54, 1.807) is 6.07 Å². The number of fused-ring (bicyclic) bond motifs is 1. The normalized spacial score (nSPS) is 12.1. The fourth-order valence-corrected chi connectivity index (χ4v) is 2.29. The van der Waals surface area contributed by atoms with Gasteiger partial charge in [0.1, 0.15) is 0 Å². The Morgan fingerprint density at radius 3 is 2.28 bits per heavy atom. The average molecular weight is 306 g/mol. The number of hydrogen-bond donors (Lipinski definition) is 0. The number of carbonyl (C=O) groups excluding carboxylic acids is 1. The molecule has 0 unspecified atom stereocenters. The van der Waals surface area contributed by atoms with Gasteiger partial charge in [-0.2, -0.15) is 0 Å². The van der Waals surface area contributed by atoms with E-state index in [1.165, 1.54) is 6.07 Å². The summed E-state index contributed by atoms with van der Waals surface area (Å²) in [6, 6.07) is 3.09. The van der Waals surface area contributed by atoms with Gasteiger partial charge in [0.2, 0.25) is 5.78 Å². The third-order valence-corrected chi connectivity index (χ3v) is 3.64.